The van der Waals surface area contributed by atoms with Gasteiger partial charge in [0.15, 0.2) is 0 Å². The zero-order valence-electron chi connectivity index (χ0n) is 17.3. The summed E-state index contributed by atoms with van der Waals surface area (Å²) in [7, 11) is -3.62. The smallest absolute Gasteiger partial charge is 0.334 e. The van der Waals surface area contributed by atoms with Gasteiger partial charge in [-0.05, 0) is 48.5 Å². The molecule has 0 radical (unpaired) electrons. The Hall–Kier alpha value is -3.64. The molecule has 10 nitrogen and oxygen atoms in total. The van der Waals surface area contributed by atoms with E-state index in [1.165, 1.54) is 52.8 Å². The first kappa shape index (κ1) is 23.0. The fourth-order valence-corrected chi connectivity index (χ4v) is 4.42. The first-order valence-corrected chi connectivity index (χ1v) is 11.1. The van der Waals surface area contributed by atoms with Crippen molar-refractivity contribution in [3.8, 4) is 0 Å². The van der Waals surface area contributed by atoms with Crippen molar-refractivity contribution in [2.75, 3.05) is 23.7 Å². The van der Waals surface area contributed by atoms with E-state index in [0.717, 1.165) is 6.33 Å². The highest BCUT2D eigenvalue weighted by molar-refractivity contribution is 7.89. The van der Waals surface area contributed by atoms with Gasteiger partial charge in [-0.15, -0.1) is 0 Å². The molecule has 0 aliphatic rings. The minimum Gasteiger partial charge on any atom is -0.334 e. The summed E-state index contributed by atoms with van der Waals surface area (Å²) in [5.41, 5.74) is 0.389. The maximum Gasteiger partial charge on any atom is 0.353 e. The van der Waals surface area contributed by atoms with Crippen LogP contribution in [-0.2, 0) is 10.0 Å². The van der Waals surface area contributed by atoms with Crippen LogP contribution in [0.25, 0.3) is 0 Å². The summed E-state index contributed by atoms with van der Waals surface area (Å²) in [5.74, 6) is -0.615. The highest BCUT2D eigenvalue weighted by Crippen LogP contribution is 2.33. The van der Waals surface area contributed by atoms with Crippen LogP contribution in [0, 0.1) is 15.9 Å². The number of benzene rings is 2. The van der Waals surface area contributed by atoms with Gasteiger partial charge in [0.05, 0.1) is 9.82 Å². The van der Waals surface area contributed by atoms with Crippen molar-refractivity contribution in [3.63, 3.8) is 0 Å². The third kappa shape index (κ3) is 4.98. The standard InChI is InChI=1S/C20H21FN6O4S/c1-3-26(4-2)32(30,31)17-11-9-16(10-12-17)25-20-18(27(28)29)19(22-13-23-20)24-15-7-5-14(21)6-8-15/h5-13H,3-4H2,1-2H3,(H2,22,23,24,25). The molecule has 12 heteroatoms. The van der Waals surface area contributed by atoms with Crippen LogP contribution >= 0.6 is 0 Å². The second-order valence-corrected chi connectivity index (χ2v) is 8.49. The Morgan fingerprint density at radius 2 is 1.41 bits per heavy atom. The lowest BCUT2D eigenvalue weighted by atomic mass is 10.3. The Balaban J connectivity index is 1.89. The molecule has 0 fully saturated rings. The zero-order chi connectivity index (χ0) is 23.3. The van der Waals surface area contributed by atoms with Crippen LogP contribution < -0.4 is 10.6 Å². The Labute approximate surface area is 184 Å². The molecule has 0 unspecified atom stereocenters. The third-order valence-corrected chi connectivity index (χ3v) is 6.64. The summed E-state index contributed by atoms with van der Waals surface area (Å²) < 4.78 is 39.7. The molecular formula is C20H21FN6O4S. The SMILES string of the molecule is CCN(CC)S(=O)(=O)c1ccc(Nc2ncnc(Nc3ccc(F)cc3)c2[N+](=O)[O-])cc1. The van der Waals surface area contributed by atoms with Gasteiger partial charge in [0.1, 0.15) is 12.1 Å². The molecule has 0 amide bonds. The average molecular weight is 460 g/mol. The van der Waals surface area contributed by atoms with Gasteiger partial charge in [-0.2, -0.15) is 4.31 Å². The van der Waals surface area contributed by atoms with Crippen LogP contribution in [0.4, 0.5) is 33.1 Å². The summed E-state index contributed by atoms with van der Waals surface area (Å²) in [6, 6.07) is 11.1. The van der Waals surface area contributed by atoms with Crippen molar-refractivity contribution in [2.24, 2.45) is 0 Å². The third-order valence-electron chi connectivity index (χ3n) is 4.57. The highest BCUT2D eigenvalue weighted by Gasteiger charge is 2.24. The summed E-state index contributed by atoms with van der Waals surface area (Å²) in [6.07, 6.45) is 1.14. The van der Waals surface area contributed by atoms with Crippen LogP contribution in [0.2, 0.25) is 0 Å². The van der Waals surface area contributed by atoms with Gasteiger partial charge < -0.3 is 10.6 Å². The molecular weight excluding hydrogens is 439 g/mol. The number of nitrogens with zero attached hydrogens (tertiary/aromatic N) is 4. The summed E-state index contributed by atoms with van der Waals surface area (Å²) in [4.78, 5) is 19.0. The maximum absolute atomic E-state index is 13.1. The van der Waals surface area contributed by atoms with Crippen molar-refractivity contribution in [1.29, 1.82) is 0 Å². The average Bonchev–Trinajstić information content (AvgIpc) is 2.76. The maximum atomic E-state index is 13.1. The normalized spacial score (nSPS) is 11.4. The predicted octanol–water partition coefficient (Wildman–Crippen LogP) is 4.04. The Morgan fingerprint density at radius 3 is 1.84 bits per heavy atom. The van der Waals surface area contributed by atoms with Crippen molar-refractivity contribution in [1.82, 2.24) is 14.3 Å². The second-order valence-electron chi connectivity index (χ2n) is 6.55. The lowest BCUT2D eigenvalue weighted by molar-refractivity contribution is -0.383. The number of nitro groups is 1. The quantitative estimate of drug-likeness (QED) is 0.361. The van der Waals surface area contributed by atoms with Crippen LogP contribution in [0.3, 0.4) is 0 Å². The summed E-state index contributed by atoms with van der Waals surface area (Å²) in [5, 5.41) is 17.3. The van der Waals surface area contributed by atoms with E-state index in [1.807, 2.05) is 0 Å². The lowest BCUT2D eigenvalue weighted by Gasteiger charge is -2.18. The molecule has 3 aromatic rings. The van der Waals surface area contributed by atoms with Gasteiger partial charge in [-0.3, -0.25) is 10.1 Å². The van der Waals surface area contributed by atoms with E-state index < -0.39 is 26.5 Å². The van der Waals surface area contributed by atoms with Crippen molar-refractivity contribution in [3.05, 3.63) is 70.8 Å². The van der Waals surface area contributed by atoms with Crippen molar-refractivity contribution in [2.45, 2.75) is 18.7 Å². The first-order chi connectivity index (χ1) is 15.3. The van der Waals surface area contributed by atoms with Crippen molar-refractivity contribution < 1.29 is 17.7 Å². The molecule has 0 saturated carbocycles. The van der Waals surface area contributed by atoms with E-state index in [2.05, 4.69) is 20.6 Å². The zero-order valence-corrected chi connectivity index (χ0v) is 18.1. The fraction of sp³-hybridized carbons (Fsp3) is 0.200. The Bertz CT molecular complexity index is 1200. The van der Waals surface area contributed by atoms with Crippen LogP contribution in [0.15, 0.2) is 59.8 Å². The molecule has 0 aliphatic heterocycles. The van der Waals surface area contributed by atoms with E-state index in [4.69, 9.17) is 0 Å². The topological polar surface area (TPSA) is 130 Å². The highest BCUT2D eigenvalue weighted by atomic mass is 32.2. The van der Waals surface area contributed by atoms with Crippen LogP contribution in [-0.4, -0.2) is 40.7 Å². The van der Waals surface area contributed by atoms with Gasteiger partial charge in [-0.25, -0.2) is 22.8 Å². The van der Waals surface area contributed by atoms with E-state index in [-0.39, 0.29) is 16.5 Å². The molecule has 0 aliphatic carbocycles. The predicted molar refractivity (Wildman–Crippen MR) is 118 cm³/mol. The van der Waals surface area contributed by atoms with Crippen molar-refractivity contribution >= 4 is 38.7 Å². The number of hydrogen-bond donors (Lipinski definition) is 2. The molecule has 32 heavy (non-hydrogen) atoms. The molecule has 0 saturated heterocycles. The molecule has 1 aromatic heterocycles. The Morgan fingerprint density at radius 1 is 0.938 bits per heavy atom. The van der Waals surface area contributed by atoms with Gasteiger partial charge in [0, 0.05) is 24.5 Å². The minimum atomic E-state index is -3.62. The number of hydrogen-bond acceptors (Lipinski definition) is 8. The number of sulfonamides is 1. The molecule has 0 atom stereocenters. The van der Waals surface area contributed by atoms with Gasteiger partial charge in [0.25, 0.3) is 0 Å². The number of rotatable bonds is 9. The monoisotopic (exact) mass is 460 g/mol. The molecule has 1 heterocycles. The molecule has 3 rings (SSSR count). The van der Waals surface area contributed by atoms with Crippen LogP contribution in [0.1, 0.15) is 13.8 Å². The number of nitrogens with one attached hydrogen (secondary N) is 2. The van der Waals surface area contributed by atoms with Gasteiger partial charge in [-0.1, -0.05) is 13.8 Å². The molecule has 168 valence electrons. The number of halogens is 1. The lowest BCUT2D eigenvalue weighted by Crippen LogP contribution is -2.30. The largest absolute Gasteiger partial charge is 0.353 e. The van der Waals surface area contributed by atoms with E-state index in [0.29, 0.717) is 24.5 Å². The Kier molecular flexibility index (Phi) is 6.95. The number of aromatic nitrogens is 2. The van der Waals surface area contributed by atoms with Gasteiger partial charge in [0.2, 0.25) is 21.7 Å². The fourth-order valence-electron chi connectivity index (χ4n) is 2.96. The van der Waals surface area contributed by atoms with E-state index in [1.54, 1.807) is 13.8 Å². The van der Waals surface area contributed by atoms with E-state index >= 15 is 0 Å². The van der Waals surface area contributed by atoms with E-state index in [9.17, 15) is 22.9 Å². The molecule has 0 spiro atoms. The van der Waals surface area contributed by atoms with Crippen LogP contribution in [0.5, 0.6) is 0 Å². The van der Waals surface area contributed by atoms with Gasteiger partial charge >= 0.3 is 5.69 Å². The summed E-state index contributed by atoms with van der Waals surface area (Å²) in [6.45, 7) is 4.19. The molecule has 2 aromatic carbocycles. The second kappa shape index (κ2) is 9.66. The number of anilines is 4. The summed E-state index contributed by atoms with van der Waals surface area (Å²) >= 11 is 0. The molecule has 2 N–H and O–H groups in total. The molecule has 0 bridgehead atoms. The minimum absolute atomic E-state index is 0.0835. The first-order valence-electron chi connectivity index (χ1n) is 9.65.